The van der Waals surface area contributed by atoms with Crippen LogP contribution in [0.2, 0.25) is 0 Å². The highest BCUT2D eigenvalue weighted by Crippen LogP contribution is 2.22. The van der Waals surface area contributed by atoms with Crippen molar-refractivity contribution in [1.82, 2.24) is 0 Å². The van der Waals surface area contributed by atoms with Crippen molar-refractivity contribution in [2.24, 2.45) is 0 Å². The van der Waals surface area contributed by atoms with E-state index in [1.54, 1.807) is 0 Å². The van der Waals surface area contributed by atoms with E-state index in [-0.39, 0.29) is 5.78 Å². The van der Waals surface area contributed by atoms with Crippen LogP contribution in [0.3, 0.4) is 0 Å². The minimum atomic E-state index is -1.30. The highest BCUT2D eigenvalue weighted by Gasteiger charge is 2.24. The molecule has 0 saturated heterocycles. The fourth-order valence-corrected chi connectivity index (χ4v) is 3.04. The van der Waals surface area contributed by atoms with Gasteiger partial charge in [0.15, 0.2) is 5.78 Å². The van der Waals surface area contributed by atoms with Crippen LogP contribution in [-0.4, -0.2) is 22.2 Å². The maximum atomic E-state index is 11.9. The van der Waals surface area contributed by atoms with Gasteiger partial charge in [0.05, 0.1) is 0 Å². The van der Waals surface area contributed by atoms with Crippen molar-refractivity contribution in [3.05, 3.63) is 29.8 Å². The first-order valence-electron chi connectivity index (χ1n) is 7.95. The van der Waals surface area contributed by atoms with Gasteiger partial charge in [0.1, 0.15) is 5.60 Å². The summed E-state index contributed by atoms with van der Waals surface area (Å²) >= 11 is 1.84. The first-order chi connectivity index (χ1) is 9.95. The molecule has 0 aliphatic heterocycles. The van der Waals surface area contributed by atoms with E-state index >= 15 is 0 Å². The zero-order valence-corrected chi connectivity index (χ0v) is 14.3. The first-order valence-corrected chi connectivity index (χ1v) is 8.93. The topological polar surface area (TPSA) is 37.3 Å². The molecule has 118 valence electrons. The van der Waals surface area contributed by atoms with Crippen LogP contribution in [0.4, 0.5) is 0 Å². The molecular weight excluding hydrogens is 280 g/mol. The number of benzene rings is 1. The Balaban J connectivity index is 2.30. The Hall–Kier alpha value is -0.800. The van der Waals surface area contributed by atoms with Gasteiger partial charge in [-0.2, -0.15) is 0 Å². The van der Waals surface area contributed by atoms with Crippen LogP contribution in [0.25, 0.3) is 0 Å². The molecule has 3 heteroatoms. The van der Waals surface area contributed by atoms with Crippen LogP contribution >= 0.6 is 11.8 Å². The average molecular weight is 308 g/mol. The molecule has 2 nitrogen and oxygen atoms in total. The molecule has 0 radical (unpaired) electrons. The molecule has 1 N–H and O–H groups in total. The van der Waals surface area contributed by atoms with Crippen LogP contribution in [-0.2, 0) is 0 Å². The second-order valence-electron chi connectivity index (χ2n) is 6.03. The summed E-state index contributed by atoms with van der Waals surface area (Å²) in [6.07, 6.45) is 7.90. The number of carbonyl (C=O) groups excluding carboxylic acids is 1. The molecule has 0 spiro atoms. The predicted molar refractivity (Wildman–Crippen MR) is 91.2 cm³/mol. The van der Waals surface area contributed by atoms with Gasteiger partial charge in [-0.1, -0.05) is 51.2 Å². The number of rotatable bonds is 10. The zero-order chi connectivity index (χ0) is 15.7. The van der Waals surface area contributed by atoms with E-state index in [9.17, 15) is 9.90 Å². The number of unbranched alkanes of at least 4 members (excludes halogenated alkanes) is 5. The molecule has 0 aliphatic carbocycles. The van der Waals surface area contributed by atoms with Crippen molar-refractivity contribution >= 4 is 17.5 Å². The molecule has 1 rings (SSSR count). The van der Waals surface area contributed by atoms with Crippen molar-refractivity contribution in [2.75, 3.05) is 5.75 Å². The lowest BCUT2D eigenvalue weighted by atomic mass is 9.97. The largest absolute Gasteiger partial charge is 0.382 e. The van der Waals surface area contributed by atoms with E-state index in [1.165, 1.54) is 57.3 Å². The number of ketones is 1. The van der Waals surface area contributed by atoms with Gasteiger partial charge in [0.2, 0.25) is 0 Å². The summed E-state index contributed by atoms with van der Waals surface area (Å²) in [7, 11) is 0. The Kier molecular flexibility index (Phi) is 8.05. The molecule has 0 saturated carbocycles. The number of aliphatic hydroxyl groups is 1. The first kappa shape index (κ1) is 18.2. The van der Waals surface area contributed by atoms with Gasteiger partial charge in [-0.05, 0) is 38.2 Å². The third-order valence-corrected chi connectivity index (χ3v) is 4.54. The van der Waals surface area contributed by atoms with E-state index in [0.29, 0.717) is 5.56 Å². The molecule has 1 aromatic carbocycles. The summed E-state index contributed by atoms with van der Waals surface area (Å²) in [5.74, 6) is 0.903. The molecule has 0 aromatic heterocycles. The SMILES string of the molecule is CCCCCCCCSc1ccc(C(=O)C(C)(C)O)cc1. The van der Waals surface area contributed by atoms with E-state index < -0.39 is 5.60 Å². The van der Waals surface area contributed by atoms with Gasteiger partial charge >= 0.3 is 0 Å². The molecule has 21 heavy (non-hydrogen) atoms. The van der Waals surface area contributed by atoms with Crippen molar-refractivity contribution in [1.29, 1.82) is 0 Å². The van der Waals surface area contributed by atoms with Crippen LogP contribution in [0.5, 0.6) is 0 Å². The fourth-order valence-electron chi connectivity index (χ4n) is 2.13. The second kappa shape index (κ2) is 9.26. The number of Topliss-reactive ketones (excluding diaryl/α,β-unsaturated/α-hetero) is 1. The third kappa shape index (κ3) is 7.14. The van der Waals surface area contributed by atoms with Gasteiger partial charge in [-0.3, -0.25) is 4.79 Å². The summed E-state index contributed by atoms with van der Waals surface area (Å²) in [6.45, 7) is 5.29. The number of carbonyl (C=O) groups is 1. The average Bonchev–Trinajstić information content (AvgIpc) is 2.45. The summed E-state index contributed by atoms with van der Waals surface area (Å²) < 4.78 is 0. The Morgan fingerprint density at radius 1 is 1.05 bits per heavy atom. The maximum Gasteiger partial charge on any atom is 0.193 e. The van der Waals surface area contributed by atoms with E-state index in [0.717, 1.165) is 5.75 Å². The summed E-state index contributed by atoms with van der Waals surface area (Å²) in [6, 6.07) is 7.56. The smallest absolute Gasteiger partial charge is 0.193 e. The predicted octanol–water partition coefficient (Wildman–Crippen LogP) is 5.09. The normalized spacial score (nSPS) is 11.6. The highest BCUT2D eigenvalue weighted by atomic mass is 32.2. The Bertz CT molecular complexity index is 418. The number of hydrogen-bond acceptors (Lipinski definition) is 3. The van der Waals surface area contributed by atoms with Gasteiger partial charge in [0.25, 0.3) is 0 Å². The molecule has 0 atom stereocenters. The second-order valence-corrected chi connectivity index (χ2v) is 7.20. The van der Waals surface area contributed by atoms with Crippen LogP contribution < -0.4 is 0 Å². The lowest BCUT2D eigenvalue weighted by molar-refractivity contribution is 0.0488. The standard InChI is InChI=1S/C18H28O2S/c1-4-5-6-7-8-9-14-21-16-12-10-15(11-13-16)17(19)18(2,3)20/h10-13,20H,4-9,14H2,1-3H3. The molecule has 0 heterocycles. The Morgan fingerprint density at radius 3 is 2.19 bits per heavy atom. The van der Waals surface area contributed by atoms with Crippen LogP contribution in [0.15, 0.2) is 29.2 Å². The molecule has 0 aliphatic rings. The zero-order valence-electron chi connectivity index (χ0n) is 13.5. The lowest BCUT2D eigenvalue weighted by Crippen LogP contribution is -2.30. The van der Waals surface area contributed by atoms with E-state index in [2.05, 4.69) is 6.92 Å². The quantitative estimate of drug-likeness (QED) is 0.371. The minimum Gasteiger partial charge on any atom is -0.382 e. The molecular formula is C18H28O2S. The monoisotopic (exact) mass is 308 g/mol. The number of thioether (sulfide) groups is 1. The van der Waals surface area contributed by atoms with E-state index in [4.69, 9.17) is 0 Å². The molecule has 0 amide bonds. The van der Waals surface area contributed by atoms with Crippen LogP contribution in [0.1, 0.15) is 69.7 Å². The van der Waals surface area contributed by atoms with Crippen molar-refractivity contribution in [3.63, 3.8) is 0 Å². The molecule has 0 bridgehead atoms. The Morgan fingerprint density at radius 2 is 1.62 bits per heavy atom. The molecule has 0 fully saturated rings. The fraction of sp³-hybridized carbons (Fsp3) is 0.611. The summed E-state index contributed by atoms with van der Waals surface area (Å²) in [5.41, 5.74) is -0.723. The van der Waals surface area contributed by atoms with E-state index in [1.807, 2.05) is 36.0 Å². The molecule has 1 aromatic rings. The lowest BCUT2D eigenvalue weighted by Gasteiger charge is -2.15. The summed E-state index contributed by atoms with van der Waals surface area (Å²) in [5, 5.41) is 9.72. The molecule has 0 unspecified atom stereocenters. The van der Waals surface area contributed by atoms with Gasteiger partial charge < -0.3 is 5.11 Å². The van der Waals surface area contributed by atoms with Crippen molar-refractivity contribution in [2.45, 2.75) is 69.8 Å². The van der Waals surface area contributed by atoms with Crippen molar-refractivity contribution < 1.29 is 9.90 Å². The van der Waals surface area contributed by atoms with Crippen molar-refractivity contribution in [3.8, 4) is 0 Å². The number of hydrogen-bond donors (Lipinski definition) is 1. The van der Waals surface area contributed by atoms with Gasteiger partial charge in [-0.25, -0.2) is 0 Å². The Labute approximate surface area is 133 Å². The van der Waals surface area contributed by atoms with Gasteiger partial charge in [0, 0.05) is 10.5 Å². The van der Waals surface area contributed by atoms with Crippen LogP contribution in [0, 0.1) is 0 Å². The van der Waals surface area contributed by atoms with Gasteiger partial charge in [-0.15, -0.1) is 11.8 Å². The summed E-state index contributed by atoms with van der Waals surface area (Å²) in [4.78, 5) is 13.1. The minimum absolute atomic E-state index is 0.227. The maximum absolute atomic E-state index is 11.9. The third-order valence-electron chi connectivity index (χ3n) is 3.44. The highest BCUT2D eigenvalue weighted by molar-refractivity contribution is 7.99.